The van der Waals surface area contributed by atoms with Crippen molar-refractivity contribution in [2.45, 2.75) is 32.7 Å². The van der Waals surface area contributed by atoms with Crippen molar-refractivity contribution in [2.24, 2.45) is 0 Å². The maximum Gasteiger partial charge on any atom is 0.346 e. The van der Waals surface area contributed by atoms with Crippen LogP contribution in [0.3, 0.4) is 0 Å². The first-order chi connectivity index (χ1) is 6.72. The van der Waals surface area contributed by atoms with Gasteiger partial charge in [-0.3, -0.25) is 4.57 Å². The third kappa shape index (κ3) is 1.45. The van der Waals surface area contributed by atoms with E-state index >= 15 is 0 Å². The molecule has 0 aliphatic carbocycles. The Balaban J connectivity index is 2.18. The average Bonchev–Trinajstić information content (AvgIpc) is 2.73. The molecule has 2 atom stereocenters. The highest BCUT2D eigenvalue weighted by Gasteiger charge is 2.49. The summed E-state index contributed by atoms with van der Waals surface area (Å²) in [6, 6.07) is 0.418. The first-order valence-corrected chi connectivity index (χ1v) is 7.02. The monoisotopic (exact) mass is 218 g/mol. The molecule has 2 rings (SSSR count). The minimum atomic E-state index is -2.62. The summed E-state index contributed by atoms with van der Waals surface area (Å²) in [5.74, 6) is 0. The van der Waals surface area contributed by atoms with Crippen molar-refractivity contribution in [3.05, 3.63) is 0 Å². The molecule has 0 saturated carbocycles. The van der Waals surface area contributed by atoms with Gasteiger partial charge in [0.25, 0.3) is 0 Å². The Kier molecular flexibility index (Phi) is 2.98. The Morgan fingerprint density at radius 2 is 2.21 bits per heavy atom. The second-order valence-corrected chi connectivity index (χ2v) is 6.20. The topological polar surface area (TPSA) is 32.8 Å². The lowest BCUT2D eigenvalue weighted by Gasteiger charge is -2.30. The lowest BCUT2D eigenvalue weighted by molar-refractivity contribution is 0.286. The Morgan fingerprint density at radius 1 is 1.50 bits per heavy atom. The van der Waals surface area contributed by atoms with Crippen molar-refractivity contribution in [1.29, 1.82) is 0 Å². The maximum atomic E-state index is 12.6. The van der Waals surface area contributed by atoms with Gasteiger partial charge in [0.05, 0.1) is 6.61 Å². The van der Waals surface area contributed by atoms with Crippen LogP contribution in [-0.2, 0) is 9.09 Å². The van der Waals surface area contributed by atoms with Crippen molar-refractivity contribution < 1.29 is 9.09 Å². The molecule has 2 aliphatic rings. The van der Waals surface area contributed by atoms with Crippen LogP contribution in [0, 0.1) is 0 Å². The molecule has 0 amide bonds. The second kappa shape index (κ2) is 3.93. The molecule has 2 fully saturated rings. The fraction of sp³-hybridized carbons (Fsp3) is 1.00. The predicted molar refractivity (Wildman–Crippen MR) is 56.2 cm³/mol. The Bertz CT molecular complexity index is 255. The molecule has 2 aliphatic heterocycles. The molecule has 2 saturated heterocycles. The maximum absolute atomic E-state index is 12.6. The van der Waals surface area contributed by atoms with Gasteiger partial charge in [0.1, 0.15) is 0 Å². The number of fused-ring (bicyclic) bond motifs is 1. The van der Waals surface area contributed by atoms with E-state index in [-0.39, 0.29) is 0 Å². The van der Waals surface area contributed by atoms with E-state index in [1.807, 2.05) is 18.5 Å². The molecule has 0 aromatic rings. The van der Waals surface area contributed by atoms with Gasteiger partial charge in [-0.15, -0.1) is 0 Å². The van der Waals surface area contributed by atoms with Gasteiger partial charge in [0.2, 0.25) is 0 Å². The highest BCUT2D eigenvalue weighted by Crippen LogP contribution is 2.61. The van der Waals surface area contributed by atoms with Gasteiger partial charge in [-0.05, 0) is 12.8 Å². The molecule has 82 valence electrons. The quantitative estimate of drug-likeness (QED) is 0.678. The molecular formula is C9H19N2O2P. The molecule has 5 heteroatoms. The molecule has 0 aromatic carbocycles. The van der Waals surface area contributed by atoms with Crippen LogP contribution in [-0.4, -0.2) is 41.6 Å². The van der Waals surface area contributed by atoms with Crippen LogP contribution >= 0.6 is 7.67 Å². The Hall–Kier alpha value is 0.110. The summed E-state index contributed by atoms with van der Waals surface area (Å²) in [5.41, 5.74) is 0. The lowest BCUT2D eigenvalue weighted by Crippen LogP contribution is -2.29. The molecule has 0 radical (unpaired) electrons. The van der Waals surface area contributed by atoms with Gasteiger partial charge in [-0.2, -0.15) is 0 Å². The third-order valence-corrected chi connectivity index (χ3v) is 6.14. The third-order valence-electron chi connectivity index (χ3n) is 3.19. The van der Waals surface area contributed by atoms with Crippen LogP contribution in [0.15, 0.2) is 0 Å². The van der Waals surface area contributed by atoms with E-state index in [1.54, 1.807) is 0 Å². The summed E-state index contributed by atoms with van der Waals surface area (Å²) < 4.78 is 22.2. The summed E-state index contributed by atoms with van der Waals surface area (Å²) in [6.07, 6.45) is 2.31. The summed E-state index contributed by atoms with van der Waals surface area (Å²) in [7, 11) is -2.62. The van der Waals surface area contributed by atoms with Crippen LogP contribution in [0.25, 0.3) is 0 Å². The molecular weight excluding hydrogens is 199 g/mol. The average molecular weight is 218 g/mol. The number of hydrogen-bond acceptors (Lipinski definition) is 2. The predicted octanol–water partition coefficient (Wildman–Crippen LogP) is 1.93. The lowest BCUT2D eigenvalue weighted by atomic mass is 10.2. The van der Waals surface area contributed by atoms with E-state index in [9.17, 15) is 4.57 Å². The summed E-state index contributed by atoms with van der Waals surface area (Å²) >= 11 is 0. The molecule has 2 heterocycles. The molecule has 14 heavy (non-hydrogen) atoms. The van der Waals surface area contributed by atoms with E-state index in [4.69, 9.17) is 4.52 Å². The van der Waals surface area contributed by atoms with E-state index in [0.717, 1.165) is 26.1 Å². The number of hydrogen-bond donors (Lipinski definition) is 0. The van der Waals surface area contributed by atoms with Crippen LogP contribution < -0.4 is 0 Å². The minimum absolute atomic E-state index is 0.418. The van der Waals surface area contributed by atoms with Gasteiger partial charge in [0, 0.05) is 25.7 Å². The zero-order valence-corrected chi connectivity index (χ0v) is 9.87. The van der Waals surface area contributed by atoms with Gasteiger partial charge in [-0.25, -0.2) is 9.34 Å². The van der Waals surface area contributed by atoms with Crippen LogP contribution in [0.5, 0.6) is 0 Å². The first kappa shape index (κ1) is 10.6. The second-order valence-electron chi connectivity index (χ2n) is 3.88. The SMILES string of the molecule is CCN(CC)P1(=O)OC[C@@H]2CCCN21. The van der Waals surface area contributed by atoms with Gasteiger partial charge < -0.3 is 4.52 Å². The molecule has 0 spiro atoms. The van der Waals surface area contributed by atoms with Crippen molar-refractivity contribution in [3.63, 3.8) is 0 Å². The minimum Gasteiger partial charge on any atom is -0.304 e. The van der Waals surface area contributed by atoms with Crippen molar-refractivity contribution >= 4 is 7.67 Å². The van der Waals surface area contributed by atoms with Gasteiger partial charge >= 0.3 is 7.67 Å². The number of nitrogens with zero attached hydrogens (tertiary/aromatic N) is 2. The molecule has 0 bridgehead atoms. The summed E-state index contributed by atoms with van der Waals surface area (Å²) in [6.45, 7) is 7.28. The molecule has 0 aromatic heterocycles. The molecule has 1 unspecified atom stereocenters. The first-order valence-electron chi connectivity index (χ1n) is 5.49. The molecule has 4 nitrogen and oxygen atoms in total. The van der Waals surface area contributed by atoms with Crippen LogP contribution in [0.2, 0.25) is 0 Å². The highest BCUT2D eigenvalue weighted by molar-refractivity contribution is 7.54. The van der Waals surface area contributed by atoms with Gasteiger partial charge in [0.15, 0.2) is 0 Å². The Labute approximate surface area is 85.8 Å². The van der Waals surface area contributed by atoms with Crippen LogP contribution in [0.4, 0.5) is 0 Å². The number of rotatable bonds is 3. The van der Waals surface area contributed by atoms with Crippen molar-refractivity contribution in [3.8, 4) is 0 Å². The van der Waals surface area contributed by atoms with E-state index < -0.39 is 7.67 Å². The largest absolute Gasteiger partial charge is 0.346 e. The van der Waals surface area contributed by atoms with Crippen molar-refractivity contribution in [1.82, 2.24) is 9.34 Å². The molecule has 0 N–H and O–H groups in total. The van der Waals surface area contributed by atoms with E-state index in [0.29, 0.717) is 12.6 Å². The zero-order valence-electron chi connectivity index (χ0n) is 8.98. The Morgan fingerprint density at radius 3 is 2.86 bits per heavy atom. The zero-order chi connectivity index (χ0) is 10.2. The van der Waals surface area contributed by atoms with E-state index in [2.05, 4.69) is 4.67 Å². The highest BCUT2D eigenvalue weighted by atomic mass is 31.2. The summed E-state index contributed by atoms with van der Waals surface area (Å²) in [4.78, 5) is 0. The normalized spacial score (nSPS) is 38.1. The van der Waals surface area contributed by atoms with Gasteiger partial charge in [-0.1, -0.05) is 13.8 Å². The van der Waals surface area contributed by atoms with Crippen LogP contribution in [0.1, 0.15) is 26.7 Å². The smallest absolute Gasteiger partial charge is 0.304 e. The standard InChI is InChI=1S/C9H19N2O2P/c1-3-10(4-2)14(12)11-7-5-6-9(11)8-13-14/h9H,3-8H2,1-2H3/t9-,14?/m0/s1. The summed E-state index contributed by atoms with van der Waals surface area (Å²) in [5, 5.41) is 0. The fourth-order valence-electron chi connectivity index (χ4n) is 2.41. The van der Waals surface area contributed by atoms with Crippen molar-refractivity contribution in [2.75, 3.05) is 26.2 Å². The fourth-order valence-corrected chi connectivity index (χ4v) is 5.11. The van der Waals surface area contributed by atoms with E-state index in [1.165, 1.54) is 6.42 Å².